The van der Waals surface area contributed by atoms with Crippen molar-refractivity contribution in [3.63, 3.8) is 0 Å². The fraction of sp³-hybridized carbons (Fsp3) is 0.333. The Balaban J connectivity index is 2.09. The molecule has 0 saturated carbocycles. The molecule has 0 bridgehead atoms. The number of aromatic hydroxyl groups is 1. The molecule has 6 nitrogen and oxygen atoms in total. The largest absolute Gasteiger partial charge is 0.508 e. The summed E-state index contributed by atoms with van der Waals surface area (Å²) in [6.07, 6.45) is 1.40. The van der Waals surface area contributed by atoms with Crippen LogP contribution in [-0.4, -0.2) is 42.2 Å². The number of ether oxygens (including phenoxy) is 1. The summed E-state index contributed by atoms with van der Waals surface area (Å²) in [5.74, 6) is -0.128. The average Bonchev–Trinajstić information content (AvgIpc) is 2.50. The van der Waals surface area contributed by atoms with Gasteiger partial charge in [-0.2, -0.15) is 5.26 Å². The van der Waals surface area contributed by atoms with Gasteiger partial charge >= 0.3 is 0 Å². The average molecular weight is 287 g/mol. The van der Waals surface area contributed by atoms with Crippen molar-refractivity contribution in [1.29, 1.82) is 5.26 Å². The van der Waals surface area contributed by atoms with Crippen LogP contribution < -0.4 is 5.32 Å². The summed E-state index contributed by atoms with van der Waals surface area (Å²) < 4.78 is 5.18. The molecule has 0 radical (unpaired) electrons. The number of hydrogen-bond donors (Lipinski definition) is 2. The minimum Gasteiger partial charge on any atom is -0.508 e. The Kier molecular flexibility index (Phi) is 4.80. The SMILES string of the molecule is Cc1cc(O)ccc1N/C=C(/C#N)C(=O)N1CCOCC1. The van der Waals surface area contributed by atoms with Gasteiger partial charge in [-0.15, -0.1) is 0 Å². The number of amides is 1. The first kappa shape index (κ1) is 14.9. The number of hydrogen-bond acceptors (Lipinski definition) is 5. The van der Waals surface area contributed by atoms with E-state index in [1.165, 1.54) is 6.20 Å². The number of anilines is 1. The minimum absolute atomic E-state index is 0.0457. The summed E-state index contributed by atoms with van der Waals surface area (Å²) >= 11 is 0. The molecule has 1 saturated heterocycles. The molecule has 1 aromatic carbocycles. The maximum absolute atomic E-state index is 12.2. The van der Waals surface area contributed by atoms with Crippen LogP contribution in [0.15, 0.2) is 30.0 Å². The Morgan fingerprint density at radius 1 is 1.48 bits per heavy atom. The third-order valence-corrected chi connectivity index (χ3v) is 3.23. The molecule has 1 aliphatic rings. The first-order valence-electron chi connectivity index (χ1n) is 6.65. The number of nitriles is 1. The highest BCUT2D eigenvalue weighted by Gasteiger charge is 2.20. The third kappa shape index (κ3) is 3.74. The second-order valence-corrected chi connectivity index (χ2v) is 4.72. The molecule has 2 N–H and O–H groups in total. The van der Waals surface area contributed by atoms with Gasteiger partial charge in [0.2, 0.25) is 0 Å². The number of nitrogens with one attached hydrogen (secondary N) is 1. The van der Waals surface area contributed by atoms with Gasteiger partial charge in [-0.05, 0) is 30.7 Å². The maximum Gasteiger partial charge on any atom is 0.266 e. The van der Waals surface area contributed by atoms with Gasteiger partial charge in [-0.1, -0.05) is 0 Å². The zero-order chi connectivity index (χ0) is 15.2. The van der Waals surface area contributed by atoms with Gasteiger partial charge in [-0.3, -0.25) is 4.79 Å². The molecular weight excluding hydrogens is 270 g/mol. The Hall–Kier alpha value is -2.52. The van der Waals surface area contributed by atoms with Crippen molar-refractivity contribution in [2.45, 2.75) is 6.92 Å². The molecule has 0 unspecified atom stereocenters. The molecule has 2 rings (SSSR count). The number of carbonyl (C=O) groups is 1. The summed E-state index contributed by atoms with van der Waals surface area (Å²) in [7, 11) is 0. The van der Waals surface area contributed by atoms with Crippen LogP contribution in [0.25, 0.3) is 0 Å². The number of carbonyl (C=O) groups excluding carboxylic acids is 1. The van der Waals surface area contributed by atoms with E-state index in [-0.39, 0.29) is 17.2 Å². The van der Waals surface area contributed by atoms with Gasteiger partial charge in [-0.25, -0.2) is 0 Å². The quantitative estimate of drug-likeness (QED) is 0.498. The van der Waals surface area contributed by atoms with E-state index in [2.05, 4.69) is 5.32 Å². The molecule has 6 heteroatoms. The van der Waals surface area contributed by atoms with Crippen molar-refractivity contribution < 1.29 is 14.6 Å². The fourth-order valence-corrected chi connectivity index (χ4v) is 2.04. The molecule has 0 spiro atoms. The minimum atomic E-state index is -0.301. The topological polar surface area (TPSA) is 85.6 Å². The number of benzene rings is 1. The highest BCUT2D eigenvalue weighted by Crippen LogP contribution is 2.20. The van der Waals surface area contributed by atoms with E-state index < -0.39 is 0 Å². The van der Waals surface area contributed by atoms with Crippen LogP contribution in [0.1, 0.15) is 5.56 Å². The molecule has 110 valence electrons. The zero-order valence-electron chi connectivity index (χ0n) is 11.8. The van der Waals surface area contributed by atoms with Gasteiger partial charge in [0, 0.05) is 25.0 Å². The smallest absolute Gasteiger partial charge is 0.266 e. The van der Waals surface area contributed by atoms with E-state index in [0.29, 0.717) is 26.3 Å². The Morgan fingerprint density at radius 2 is 2.19 bits per heavy atom. The lowest BCUT2D eigenvalue weighted by molar-refractivity contribution is -0.130. The van der Waals surface area contributed by atoms with Gasteiger partial charge in [0.05, 0.1) is 13.2 Å². The lowest BCUT2D eigenvalue weighted by Gasteiger charge is -2.26. The van der Waals surface area contributed by atoms with Gasteiger partial charge in [0.1, 0.15) is 17.4 Å². The lowest BCUT2D eigenvalue weighted by atomic mass is 10.2. The summed E-state index contributed by atoms with van der Waals surface area (Å²) in [6, 6.07) is 6.75. The van der Waals surface area contributed by atoms with Gasteiger partial charge in [0.15, 0.2) is 0 Å². The van der Waals surface area contributed by atoms with Crippen LogP contribution in [0.2, 0.25) is 0 Å². The number of nitrogens with zero attached hydrogens (tertiary/aromatic N) is 2. The summed E-state index contributed by atoms with van der Waals surface area (Å²) in [4.78, 5) is 13.8. The molecule has 21 heavy (non-hydrogen) atoms. The van der Waals surface area contributed by atoms with E-state index in [9.17, 15) is 9.90 Å². The van der Waals surface area contributed by atoms with Crippen molar-refractivity contribution >= 4 is 11.6 Å². The molecule has 1 heterocycles. The number of morpholine rings is 1. The molecule has 1 fully saturated rings. The maximum atomic E-state index is 12.2. The summed E-state index contributed by atoms with van der Waals surface area (Å²) in [5.41, 5.74) is 1.60. The predicted octanol–water partition coefficient (Wildman–Crippen LogP) is 1.38. The molecule has 1 aliphatic heterocycles. The number of phenolic OH excluding ortho intramolecular Hbond substituents is 1. The second kappa shape index (κ2) is 6.77. The first-order chi connectivity index (χ1) is 10.1. The number of rotatable bonds is 3. The van der Waals surface area contributed by atoms with Crippen molar-refractivity contribution in [1.82, 2.24) is 4.90 Å². The van der Waals surface area contributed by atoms with Crippen LogP contribution in [0, 0.1) is 18.3 Å². The highest BCUT2D eigenvalue weighted by atomic mass is 16.5. The van der Waals surface area contributed by atoms with Gasteiger partial charge in [0.25, 0.3) is 5.91 Å². The normalized spacial score (nSPS) is 15.4. The fourth-order valence-electron chi connectivity index (χ4n) is 2.04. The van der Waals surface area contributed by atoms with E-state index in [1.54, 1.807) is 23.1 Å². The molecule has 0 atom stereocenters. The second-order valence-electron chi connectivity index (χ2n) is 4.72. The van der Waals surface area contributed by atoms with E-state index in [4.69, 9.17) is 10.00 Å². The van der Waals surface area contributed by atoms with Crippen molar-refractivity contribution in [3.05, 3.63) is 35.5 Å². The summed E-state index contributed by atoms with van der Waals surface area (Å²) in [6.45, 7) is 3.81. The van der Waals surface area contributed by atoms with Crippen LogP contribution in [0.5, 0.6) is 5.75 Å². The Bertz CT molecular complexity index is 599. The summed E-state index contributed by atoms with van der Waals surface area (Å²) in [5, 5.41) is 21.4. The van der Waals surface area contributed by atoms with E-state index in [1.807, 2.05) is 13.0 Å². The highest BCUT2D eigenvalue weighted by molar-refractivity contribution is 5.97. The predicted molar refractivity (Wildman–Crippen MR) is 77.6 cm³/mol. The zero-order valence-corrected chi connectivity index (χ0v) is 11.8. The number of phenols is 1. The van der Waals surface area contributed by atoms with Crippen molar-refractivity contribution in [3.8, 4) is 11.8 Å². The molecule has 0 aromatic heterocycles. The first-order valence-corrected chi connectivity index (χ1v) is 6.65. The van der Waals surface area contributed by atoms with Crippen LogP contribution >= 0.6 is 0 Å². The Labute approximate surface area is 123 Å². The van der Waals surface area contributed by atoms with Crippen molar-refractivity contribution in [2.24, 2.45) is 0 Å². The third-order valence-electron chi connectivity index (χ3n) is 3.23. The monoisotopic (exact) mass is 287 g/mol. The molecular formula is C15H17N3O3. The molecule has 1 amide bonds. The Morgan fingerprint density at radius 3 is 2.81 bits per heavy atom. The van der Waals surface area contributed by atoms with Gasteiger partial charge < -0.3 is 20.1 Å². The van der Waals surface area contributed by atoms with E-state index >= 15 is 0 Å². The number of aryl methyl sites for hydroxylation is 1. The van der Waals surface area contributed by atoms with Crippen LogP contribution in [-0.2, 0) is 9.53 Å². The van der Waals surface area contributed by atoms with Crippen LogP contribution in [0.3, 0.4) is 0 Å². The lowest BCUT2D eigenvalue weighted by Crippen LogP contribution is -2.41. The standard InChI is InChI=1S/C15H17N3O3/c1-11-8-13(19)2-3-14(11)17-10-12(9-16)15(20)18-4-6-21-7-5-18/h2-3,8,10,17,19H,4-7H2,1H3/b12-10-. The van der Waals surface area contributed by atoms with Crippen LogP contribution in [0.4, 0.5) is 5.69 Å². The molecule has 1 aromatic rings. The van der Waals surface area contributed by atoms with Crippen molar-refractivity contribution in [2.75, 3.05) is 31.6 Å². The molecule has 0 aliphatic carbocycles. The van der Waals surface area contributed by atoms with E-state index in [0.717, 1.165) is 11.3 Å².